The van der Waals surface area contributed by atoms with Crippen LogP contribution in [0.2, 0.25) is 0 Å². The van der Waals surface area contributed by atoms with Gasteiger partial charge < -0.3 is 0 Å². The number of hydrogen-bond acceptors (Lipinski definition) is 4. The van der Waals surface area contributed by atoms with Crippen LogP contribution in [0.4, 0.5) is 0 Å². The van der Waals surface area contributed by atoms with E-state index in [0.717, 1.165) is 51.4 Å². The molecule has 8 heteroatoms. The van der Waals surface area contributed by atoms with Crippen molar-refractivity contribution >= 4 is 20.0 Å². The van der Waals surface area contributed by atoms with Crippen LogP contribution in [0, 0.1) is 11.8 Å². The first-order valence-electron chi connectivity index (χ1n) is 9.98. The summed E-state index contributed by atoms with van der Waals surface area (Å²) in [4.78, 5) is 0.244. The van der Waals surface area contributed by atoms with Crippen LogP contribution in [-0.2, 0) is 20.0 Å². The van der Waals surface area contributed by atoms with Crippen LogP contribution in [0.25, 0.3) is 0 Å². The number of nitrogens with one attached hydrogen (secondary N) is 2. The van der Waals surface area contributed by atoms with Gasteiger partial charge in [0, 0.05) is 12.1 Å². The molecule has 3 aliphatic rings. The van der Waals surface area contributed by atoms with Gasteiger partial charge in [0.25, 0.3) is 0 Å². The summed E-state index contributed by atoms with van der Waals surface area (Å²) < 4.78 is 56.0. The monoisotopic (exact) mass is 412 g/mol. The lowest BCUT2D eigenvalue weighted by Crippen LogP contribution is -2.38. The molecule has 3 saturated carbocycles. The highest BCUT2D eigenvalue weighted by Gasteiger charge is 2.41. The van der Waals surface area contributed by atoms with Gasteiger partial charge in [0.15, 0.2) is 0 Å². The molecule has 6 nitrogen and oxygen atoms in total. The maximum Gasteiger partial charge on any atom is 0.240 e. The fourth-order valence-corrected chi connectivity index (χ4v) is 7.58. The van der Waals surface area contributed by atoms with Crippen molar-refractivity contribution in [3.8, 4) is 0 Å². The molecule has 2 N–H and O–H groups in total. The molecule has 0 unspecified atom stereocenters. The van der Waals surface area contributed by atoms with E-state index in [0.29, 0.717) is 11.8 Å². The number of sulfonamides is 2. The third-order valence-corrected chi connectivity index (χ3v) is 9.46. The van der Waals surface area contributed by atoms with Gasteiger partial charge in [-0.2, -0.15) is 0 Å². The summed E-state index contributed by atoms with van der Waals surface area (Å²) in [6.45, 7) is 0. The minimum atomic E-state index is -3.62. The Morgan fingerprint density at radius 2 is 1.30 bits per heavy atom. The van der Waals surface area contributed by atoms with E-state index < -0.39 is 20.0 Å². The smallest absolute Gasteiger partial charge is 0.208 e. The van der Waals surface area contributed by atoms with E-state index in [1.165, 1.54) is 30.7 Å². The standard InChI is InChI=1S/C19H28N2O4S2/c22-26(23,20-16-4-2-1-3-5-16)17-8-10-18(11-9-17)27(24,25)21-19-13-14-6-7-15(19)12-14/h8-11,14-16,19-21H,1-7,12-13H2/t14-,15-,19-/m1/s1. The average molecular weight is 413 g/mol. The first-order valence-corrected chi connectivity index (χ1v) is 12.9. The average Bonchev–Trinajstić information content (AvgIpc) is 3.25. The molecule has 0 amide bonds. The zero-order chi connectivity index (χ0) is 19.1. The van der Waals surface area contributed by atoms with Crippen LogP contribution in [0.1, 0.15) is 57.8 Å². The van der Waals surface area contributed by atoms with Gasteiger partial charge in [0.1, 0.15) is 0 Å². The number of benzene rings is 1. The van der Waals surface area contributed by atoms with E-state index in [2.05, 4.69) is 9.44 Å². The van der Waals surface area contributed by atoms with Crippen molar-refractivity contribution in [1.82, 2.24) is 9.44 Å². The third kappa shape index (κ3) is 4.23. The van der Waals surface area contributed by atoms with Gasteiger partial charge >= 0.3 is 0 Å². The van der Waals surface area contributed by atoms with E-state index in [1.807, 2.05) is 0 Å². The topological polar surface area (TPSA) is 92.3 Å². The van der Waals surface area contributed by atoms with Crippen LogP contribution in [-0.4, -0.2) is 28.9 Å². The highest BCUT2D eigenvalue weighted by molar-refractivity contribution is 7.90. The molecule has 0 spiro atoms. The molecule has 1 aromatic rings. The van der Waals surface area contributed by atoms with Gasteiger partial charge in [0.05, 0.1) is 9.79 Å². The Kier molecular flexibility index (Phi) is 5.35. The predicted molar refractivity (Wildman–Crippen MR) is 103 cm³/mol. The lowest BCUT2D eigenvalue weighted by Gasteiger charge is -2.23. The maximum atomic E-state index is 12.7. The molecule has 4 rings (SSSR count). The van der Waals surface area contributed by atoms with Crippen molar-refractivity contribution in [1.29, 1.82) is 0 Å². The van der Waals surface area contributed by atoms with Gasteiger partial charge in [0.2, 0.25) is 20.0 Å². The minimum absolute atomic E-state index is 0.0186. The molecular weight excluding hydrogens is 384 g/mol. The van der Waals surface area contributed by atoms with Gasteiger partial charge in [-0.05, 0) is 68.2 Å². The summed E-state index contributed by atoms with van der Waals surface area (Å²) in [6, 6.07) is 5.56. The summed E-state index contributed by atoms with van der Waals surface area (Å²) in [5, 5.41) is 0. The zero-order valence-electron chi connectivity index (χ0n) is 15.4. The van der Waals surface area contributed by atoms with Gasteiger partial charge in [-0.15, -0.1) is 0 Å². The summed E-state index contributed by atoms with van der Waals surface area (Å²) in [6.07, 6.45) is 9.31. The molecule has 1 aromatic carbocycles. The number of fused-ring (bicyclic) bond motifs is 2. The molecule has 3 fully saturated rings. The predicted octanol–water partition coefficient (Wildman–Crippen LogP) is 2.76. The first-order chi connectivity index (χ1) is 12.8. The molecule has 3 aliphatic carbocycles. The highest BCUT2D eigenvalue weighted by Crippen LogP contribution is 2.44. The Morgan fingerprint density at radius 3 is 1.81 bits per heavy atom. The SMILES string of the molecule is O=S(=O)(NC1CCCCC1)c1ccc(S(=O)(=O)N[C@@H]2C[C@@H]3CC[C@@H]2C3)cc1. The Hall–Kier alpha value is -0.960. The quantitative estimate of drug-likeness (QED) is 0.751. The molecule has 27 heavy (non-hydrogen) atoms. The molecule has 3 atom stereocenters. The molecule has 2 bridgehead atoms. The number of rotatable bonds is 6. The van der Waals surface area contributed by atoms with Crippen LogP contribution in [0.5, 0.6) is 0 Å². The highest BCUT2D eigenvalue weighted by atomic mass is 32.2. The maximum absolute atomic E-state index is 12.7. The van der Waals surface area contributed by atoms with Crippen LogP contribution >= 0.6 is 0 Å². The zero-order valence-corrected chi connectivity index (χ0v) is 17.1. The molecule has 0 radical (unpaired) electrons. The summed E-state index contributed by atoms with van der Waals surface area (Å²) in [5.74, 6) is 1.10. The lowest BCUT2D eigenvalue weighted by molar-refractivity contribution is 0.390. The van der Waals surface area contributed by atoms with E-state index >= 15 is 0 Å². The Labute approximate surface area is 162 Å². The van der Waals surface area contributed by atoms with E-state index in [9.17, 15) is 16.8 Å². The van der Waals surface area contributed by atoms with Crippen LogP contribution in [0.15, 0.2) is 34.1 Å². The Bertz CT molecular complexity index is 875. The van der Waals surface area contributed by atoms with Gasteiger partial charge in [-0.3, -0.25) is 0 Å². The van der Waals surface area contributed by atoms with Crippen molar-refractivity contribution in [3.05, 3.63) is 24.3 Å². The van der Waals surface area contributed by atoms with Gasteiger partial charge in [-0.25, -0.2) is 26.3 Å². The summed E-state index contributed by atoms with van der Waals surface area (Å²) in [7, 11) is -7.24. The molecule has 0 aromatic heterocycles. The van der Waals surface area contributed by atoms with E-state index in [-0.39, 0.29) is 21.9 Å². The fraction of sp³-hybridized carbons (Fsp3) is 0.684. The van der Waals surface area contributed by atoms with Crippen molar-refractivity contribution in [2.75, 3.05) is 0 Å². The second-order valence-electron chi connectivity index (χ2n) is 8.33. The Morgan fingerprint density at radius 1 is 0.704 bits per heavy atom. The van der Waals surface area contributed by atoms with Crippen molar-refractivity contribution < 1.29 is 16.8 Å². The number of hydrogen-bond donors (Lipinski definition) is 2. The van der Waals surface area contributed by atoms with Crippen LogP contribution < -0.4 is 9.44 Å². The fourth-order valence-electron chi connectivity index (χ4n) is 4.96. The first kappa shape index (κ1) is 19.4. The molecular formula is C19H28N2O4S2. The normalized spacial score (nSPS) is 29.3. The second kappa shape index (κ2) is 7.46. The molecule has 0 heterocycles. The molecule has 0 aliphatic heterocycles. The van der Waals surface area contributed by atoms with Crippen molar-refractivity contribution in [3.63, 3.8) is 0 Å². The van der Waals surface area contributed by atoms with Crippen LogP contribution in [0.3, 0.4) is 0 Å². The largest absolute Gasteiger partial charge is 0.240 e. The third-order valence-electron chi connectivity index (χ3n) is 6.42. The van der Waals surface area contributed by atoms with Crippen molar-refractivity contribution in [2.45, 2.75) is 79.7 Å². The van der Waals surface area contributed by atoms with Crippen molar-refractivity contribution in [2.24, 2.45) is 11.8 Å². The van der Waals surface area contributed by atoms with Gasteiger partial charge in [-0.1, -0.05) is 25.7 Å². The second-order valence-corrected chi connectivity index (χ2v) is 11.8. The lowest BCUT2D eigenvalue weighted by atomic mass is 9.96. The minimum Gasteiger partial charge on any atom is -0.208 e. The molecule has 0 saturated heterocycles. The van der Waals surface area contributed by atoms with E-state index in [1.54, 1.807) is 0 Å². The molecule has 150 valence electrons. The Balaban J connectivity index is 1.44. The van der Waals surface area contributed by atoms with E-state index in [4.69, 9.17) is 0 Å². The summed E-state index contributed by atoms with van der Waals surface area (Å²) in [5.41, 5.74) is 0. The summed E-state index contributed by atoms with van der Waals surface area (Å²) >= 11 is 0.